The molecule has 21 heavy (non-hydrogen) atoms. The van der Waals surface area contributed by atoms with Gasteiger partial charge in [0, 0.05) is 15.5 Å². The highest BCUT2D eigenvalue weighted by molar-refractivity contribution is 7.19. The van der Waals surface area contributed by atoms with Crippen molar-refractivity contribution in [1.29, 1.82) is 0 Å². The Bertz CT molecular complexity index is 614. The van der Waals surface area contributed by atoms with Crippen molar-refractivity contribution in [2.75, 3.05) is 0 Å². The van der Waals surface area contributed by atoms with E-state index in [1.165, 1.54) is 15.0 Å². The second-order valence-electron chi connectivity index (χ2n) is 7.11. The minimum Gasteiger partial charge on any atom is -0.369 e. The van der Waals surface area contributed by atoms with Crippen LogP contribution in [0.4, 0.5) is 0 Å². The maximum atomic E-state index is 6.24. The van der Waals surface area contributed by atoms with Crippen molar-refractivity contribution in [3.8, 4) is 0 Å². The van der Waals surface area contributed by atoms with E-state index >= 15 is 0 Å². The van der Waals surface area contributed by atoms with Crippen LogP contribution in [-0.4, -0.2) is 11.2 Å². The molecule has 0 aliphatic carbocycles. The topological polar surface area (TPSA) is 47.3 Å². The van der Waals surface area contributed by atoms with Gasteiger partial charge in [0.15, 0.2) is 0 Å². The fourth-order valence-electron chi connectivity index (χ4n) is 3.68. The predicted molar refractivity (Wildman–Crippen MR) is 89.2 cm³/mol. The van der Waals surface area contributed by atoms with Gasteiger partial charge in [-0.2, -0.15) is 0 Å². The Morgan fingerprint density at radius 2 is 2.00 bits per heavy atom. The maximum absolute atomic E-state index is 6.24. The number of ether oxygens (including phenoxy) is 1. The number of hydrazine groups is 1. The number of nitrogens with two attached hydrogens (primary N) is 1. The van der Waals surface area contributed by atoms with Crippen molar-refractivity contribution >= 4 is 21.4 Å². The molecule has 1 aliphatic rings. The van der Waals surface area contributed by atoms with E-state index in [9.17, 15) is 0 Å². The number of hydrogen-bond acceptors (Lipinski definition) is 4. The van der Waals surface area contributed by atoms with Gasteiger partial charge < -0.3 is 4.74 Å². The Labute approximate surface area is 130 Å². The van der Waals surface area contributed by atoms with Gasteiger partial charge in [-0.15, -0.1) is 11.3 Å². The van der Waals surface area contributed by atoms with Gasteiger partial charge in [0.05, 0.1) is 17.2 Å². The van der Waals surface area contributed by atoms with Gasteiger partial charge in [-0.05, 0) is 51.6 Å². The van der Waals surface area contributed by atoms with Crippen LogP contribution in [0.3, 0.4) is 0 Å². The molecule has 114 valence electrons. The lowest BCUT2D eigenvalue weighted by atomic mass is 9.81. The largest absolute Gasteiger partial charge is 0.369 e. The standard InChI is InChI=1S/C17H24N2OS/c1-16(2)10-12(17(3,4)20-16)15(19-18)14-9-11-7-5-6-8-13(11)21-14/h5-9,12,15,19H,10,18H2,1-4H3. The highest BCUT2D eigenvalue weighted by atomic mass is 32.1. The van der Waals surface area contributed by atoms with E-state index < -0.39 is 0 Å². The third-order valence-corrected chi connectivity index (χ3v) is 5.68. The van der Waals surface area contributed by atoms with E-state index in [0.29, 0.717) is 5.92 Å². The summed E-state index contributed by atoms with van der Waals surface area (Å²) in [7, 11) is 0. The van der Waals surface area contributed by atoms with E-state index in [2.05, 4.69) is 63.5 Å². The molecule has 2 unspecified atom stereocenters. The first kappa shape index (κ1) is 15.0. The first-order chi connectivity index (χ1) is 9.82. The van der Waals surface area contributed by atoms with Crippen molar-refractivity contribution in [1.82, 2.24) is 5.43 Å². The fraction of sp³-hybridized carbons (Fsp3) is 0.529. The van der Waals surface area contributed by atoms with E-state index in [1.807, 2.05) is 11.3 Å². The molecule has 0 spiro atoms. The number of nitrogens with one attached hydrogen (secondary N) is 1. The van der Waals surface area contributed by atoms with Gasteiger partial charge in [0.2, 0.25) is 0 Å². The molecule has 3 N–H and O–H groups in total. The summed E-state index contributed by atoms with van der Waals surface area (Å²) in [6, 6.07) is 10.9. The van der Waals surface area contributed by atoms with Gasteiger partial charge >= 0.3 is 0 Å². The molecule has 1 fully saturated rings. The summed E-state index contributed by atoms with van der Waals surface area (Å²) in [5, 5.41) is 1.29. The Morgan fingerprint density at radius 3 is 2.57 bits per heavy atom. The van der Waals surface area contributed by atoms with Gasteiger partial charge in [0.25, 0.3) is 0 Å². The molecule has 3 rings (SSSR count). The molecule has 0 amide bonds. The maximum Gasteiger partial charge on any atom is 0.0681 e. The molecular weight excluding hydrogens is 280 g/mol. The molecule has 1 saturated heterocycles. The molecule has 0 radical (unpaired) electrons. The SMILES string of the molecule is CC1(C)CC(C(NN)c2cc3ccccc3s2)C(C)(C)O1. The molecule has 3 nitrogen and oxygen atoms in total. The number of rotatable bonds is 3. The van der Waals surface area contributed by atoms with E-state index in [4.69, 9.17) is 10.6 Å². The molecule has 1 aromatic carbocycles. The van der Waals surface area contributed by atoms with Crippen molar-refractivity contribution in [3.63, 3.8) is 0 Å². The first-order valence-corrected chi connectivity index (χ1v) is 8.29. The summed E-state index contributed by atoms with van der Waals surface area (Å²) in [5.74, 6) is 6.27. The summed E-state index contributed by atoms with van der Waals surface area (Å²) >= 11 is 1.82. The van der Waals surface area contributed by atoms with Gasteiger partial charge in [-0.3, -0.25) is 11.3 Å². The summed E-state index contributed by atoms with van der Waals surface area (Å²) in [4.78, 5) is 1.29. The normalized spacial score (nSPS) is 25.3. The number of thiophene rings is 1. The van der Waals surface area contributed by atoms with Crippen LogP contribution in [0.2, 0.25) is 0 Å². The molecule has 0 bridgehead atoms. The van der Waals surface area contributed by atoms with Crippen LogP contribution < -0.4 is 11.3 Å². The monoisotopic (exact) mass is 304 g/mol. The van der Waals surface area contributed by atoms with Crippen molar-refractivity contribution < 1.29 is 4.74 Å². The molecule has 1 aromatic heterocycles. The zero-order valence-corrected chi connectivity index (χ0v) is 14.0. The average molecular weight is 304 g/mol. The molecular formula is C17H24N2OS. The highest BCUT2D eigenvalue weighted by Gasteiger charge is 2.49. The predicted octanol–water partition coefficient (Wildman–Crippen LogP) is 4.00. The Morgan fingerprint density at radius 1 is 1.29 bits per heavy atom. The molecule has 2 atom stereocenters. The van der Waals surface area contributed by atoms with E-state index in [-0.39, 0.29) is 17.2 Å². The molecule has 1 aliphatic heterocycles. The molecule has 0 saturated carbocycles. The molecule has 2 heterocycles. The van der Waals surface area contributed by atoms with Crippen molar-refractivity contribution in [3.05, 3.63) is 35.2 Å². The smallest absolute Gasteiger partial charge is 0.0681 e. The van der Waals surface area contributed by atoms with Gasteiger partial charge in [-0.25, -0.2) is 0 Å². The lowest BCUT2D eigenvalue weighted by molar-refractivity contribution is -0.0777. The second-order valence-corrected chi connectivity index (χ2v) is 8.22. The highest BCUT2D eigenvalue weighted by Crippen LogP contribution is 2.48. The van der Waals surface area contributed by atoms with Crippen molar-refractivity contribution in [2.24, 2.45) is 11.8 Å². The third-order valence-electron chi connectivity index (χ3n) is 4.48. The fourth-order valence-corrected chi connectivity index (χ4v) is 4.87. The summed E-state index contributed by atoms with van der Waals surface area (Å²) in [6.07, 6.45) is 1.00. The van der Waals surface area contributed by atoms with Crippen LogP contribution in [0.5, 0.6) is 0 Å². The second kappa shape index (κ2) is 5.06. The van der Waals surface area contributed by atoms with Gasteiger partial charge in [-0.1, -0.05) is 18.2 Å². The number of fused-ring (bicyclic) bond motifs is 1. The van der Waals surface area contributed by atoms with Crippen molar-refractivity contribution in [2.45, 2.75) is 51.4 Å². The minimum atomic E-state index is -0.184. The van der Waals surface area contributed by atoms with E-state index in [0.717, 1.165) is 6.42 Å². The summed E-state index contributed by atoms with van der Waals surface area (Å²) in [5.41, 5.74) is 2.76. The zero-order chi connectivity index (χ0) is 15.3. The minimum absolute atomic E-state index is 0.0973. The van der Waals surface area contributed by atoms with Crippen LogP contribution in [0.15, 0.2) is 30.3 Å². The third kappa shape index (κ3) is 2.73. The van der Waals surface area contributed by atoms with E-state index in [1.54, 1.807) is 0 Å². The van der Waals surface area contributed by atoms with Crippen LogP contribution >= 0.6 is 11.3 Å². The number of benzene rings is 1. The van der Waals surface area contributed by atoms with Crippen LogP contribution in [0, 0.1) is 5.92 Å². The van der Waals surface area contributed by atoms with Crippen LogP contribution in [0.25, 0.3) is 10.1 Å². The number of hydrogen-bond donors (Lipinski definition) is 2. The summed E-state index contributed by atoms with van der Waals surface area (Å²) < 4.78 is 7.55. The van der Waals surface area contributed by atoms with Crippen LogP contribution in [0.1, 0.15) is 45.0 Å². The lowest BCUT2D eigenvalue weighted by Crippen LogP contribution is -2.40. The first-order valence-electron chi connectivity index (χ1n) is 7.47. The Hall–Kier alpha value is -0.940. The molecule has 2 aromatic rings. The van der Waals surface area contributed by atoms with Gasteiger partial charge in [0.1, 0.15) is 0 Å². The Balaban J connectivity index is 1.98. The lowest BCUT2D eigenvalue weighted by Gasteiger charge is -2.32. The summed E-state index contributed by atoms with van der Waals surface area (Å²) in [6.45, 7) is 8.66. The average Bonchev–Trinajstić information content (AvgIpc) is 2.88. The van der Waals surface area contributed by atoms with Crippen LogP contribution in [-0.2, 0) is 4.74 Å². The molecule has 4 heteroatoms. The Kier molecular flexibility index (Phi) is 3.61. The zero-order valence-electron chi connectivity index (χ0n) is 13.1. The quantitative estimate of drug-likeness (QED) is 0.665.